The van der Waals surface area contributed by atoms with Crippen molar-refractivity contribution in [2.24, 2.45) is 20.5 Å². The van der Waals surface area contributed by atoms with Crippen LogP contribution in [0.1, 0.15) is 21.5 Å². The molecular formula is C35H28N6O8S2. The van der Waals surface area contributed by atoms with Crippen molar-refractivity contribution in [2.75, 3.05) is 11.1 Å². The standard InChI is InChI=1S/C35H28N6O8S2/c1-19-13-26(38-39-27-15-22-5-3-4-6-28(22)30(18-27)50(44,45)46)14-20(2)32(19)40-41-33-31(51(47,48)49)17-23-16-25(11-12-29(23)34(33)42)37-35(43)21-7-9-24(36)10-8-21/h3-18,42H,36H2,1-2H3,(H,37,43)(H,44,45,46)(H,47,48,49). The number of nitrogens with zero attached hydrogens (tertiary/aromatic N) is 4. The lowest BCUT2D eigenvalue weighted by Gasteiger charge is -2.11. The number of benzene rings is 6. The summed E-state index contributed by atoms with van der Waals surface area (Å²) in [6, 6.07) is 24.4. The molecule has 0 bridgehead atoms. The SMILES string of the molecule is Cc1cc(N=Nc2cc(S(=O)(=O)O)c3ccccc3c2)cc(C)c1N=Nc1c(S(=O)(=O)O)cc2cc(NC(=O)c3ccc(N)cc3)ccc2c1O. The molecule has 0 saturated carbocycles. The van der Waals surface area contributed by atoms with Gasteiger partial charge in [0.1, 0.15) is 15.5 Å². The Morgan fingerprint density at radius 3 is 1.90 bits per heavy atom. The number of rotatable bonds is 8. The first-order valence-electron chi connectivity index (χ1n) is 15.0. The summed E-state index contributed by atoms with van der Waals surface area (Å²) in [5.74, 6) is -1.02. The third-order valence-electron chi connectivity index (χ3n) is 7.85. The summed E-state index contributed by atoms with van der Waals surface area (Å²) in [5.41, 5.74) is 8.25. The smallest absolute Gasteiger partial charge is 0.296 e. The fraction of sp³-hybridized carbons (Fsp3) is 0.0571. The second-order valence-corrected chi connectivity index (χ2v) is 14.3. The Morgan fingerprint density at radius 1 is 0.647 bits per heavy atom. The van der Waals surface area contributed by atoms with Gasteiger partial charge in [-0.15, -0.1) is 10.2 Å². The van der Waals surface area contributed by atoms with E-state index in [1.165, 1.54) is 24.3 Å². The van der Waals surface area contributed by atoms with E-state index in [-0.39, 0.29) is 21.4 Å². The third kappa shape index (κ3) is 7.43. The monoisotopic (exact) mass is 724 g/mol. The first-order chi connectivity index (χ1) is 24.1. The normalized spacial score (nSPS) is 12.3. The Morgan fingerprint density at radius 2 is 1.25 bits per heavy atom. The highest BCUT2D eigenvalue weighted by molar-refractivity contribution is 7.86. The van der Waals surface area contributed by atoms with Gasteiger partial charge in [0.15, 0.2) is 5.75 Å². The zero-order valence-corrected chi connectivity index (χ0v) is 28.4. The highest BCUT2D eigenvalue weighted by atomic mass is 32.2. The zero-order chi connectivity index (χ0) is 36.7. The fourth-order valence-electron chi connectivity index (χ4n) is 5.46. The molecule has 0 fully saturated rings. The number of hydrogen-bond acceptors (Lipinski definition) is 11. The molecule has 6 aromatic rings. The number of phenols is 1. The Bertz CT molecular complexity index is 2660. The maximum atomic E-state index is 12.7. The molecule has 0 aliphatic rings. The zero-order valence-electron chi connectivity index (χ0n) is 26.8. The molecule has 16 heteroatoms. The molecule has 0 saturated heterocycles. The van der Waals surface area contributed by atoms with E-state index >= 15 is 0 Å². The Kier molecular flexibility index (Phi) is 9.09. The van der Waals surface area contributed by atoms with E-state index in [0.717, 1.165) is 6.07 Å². The highest BCUT2D eigenvalue weighted by Gasteiger charge is 2.23. The first kappa shape index (κ1) is 34.8. The molecule has 0 unspecified atom stereocenters. The molecule has 0 heterocycles. The van der Waals surface area contributed by atoms with Crippen molar-refractivity contribution in [1.29, 1.82) is 0 Å². The summed E-state index contributed by atoms with van der Waals surface area (Å²) in [5, 5.41) is 31.7. The predicted molar refractivity (Wildman–Crippen MR) is 192 cm³/mol. The minimum Gasteiger partial charge on any atom is -0.505 e. The molecule has 258 valence electrons. The average Bonchev–Trinajstić information content (AvgIpc) is 3.06. The largest absolute Gasteiger partial charge is 0.505 e. The van der Waals surface area contributed by atoms with E-state index in [1.807, 2.05) is 0 Å². The van der Waals surface area contributed by atoms with Crippen LogP contribution in [0.25, 0.3) is 21.5 Å². The molecule has 0 radical (unpaired) electrons. The number of phenolic OH excluding ortho intramolecular Hbond substituents is 1. The van der Waals surface area contributed by atoms with Gasteiger partial charge < -0.3 is 16.2 Å². The molecule has 1 amide bonds. The average molecular weight is 725 g/mol. The van der Waals surface area contributed by atoms with Crippen LogP contribution in [0, 0.1) is 13.8 Å². The molecule has 0 aliphatic heterocycles. The van der Waals surface area contributed by atoms with E-state index in [4.69, 9.17) is 5.73 Å². The van der Waals surface area contributed by atoms with Gasteiger partial charge in [-0.3, -0.25) is 13.9 Å². The van der Waals surface area contributed by atoms with Gasteiger partial charge in [-0.1, -0.05) is 24.3 Å². The number of hydrogen-bond donors (Lipinski definition) is 5. The summed E-state index contributed by atoms with van der Waals surface area (Å²) >= 11 is 0. The van der Waals surface area contributed by atoms with Crippen LogP contribution in [0.15, 0.2) is 127 Å². The molecule has 14 nitrogen and oxygen atoms in total. The minimum atomic E-state index is -4.92. The molecule has 0 aliphatic carbocycles. The van der Waals surface area contributed by atoms with Crippen molar-refractivity contribution in [3.8, 4) is 5.75 Å². The van der Waals surface area contributed by atoms with E-state index in [0.29, 0.717) is 50.2 Å². The number of nitrogens with two attached hydrogens (primary N) is 1. The van der Waals surface area contributed by atoms with Crippen LogP contribution in [0.5, 0.6) is 5.75 Å². The summed E-state index contributed by atoms with van der Waals surface area (Å²) < 4.78 is 68.7. The lowest BCUT2D eigenvalue weighted by atomic mass is 10.1. The van der Waals surface area contributed by atoms with Gasteiger partial charge in [0.2, 0.25) is 0 Å². The first-order valence-corrected chi connectivity index (χ1v) is 17.9. The Balaban J connectivity index is 1.31. The van der Waals surface area contributed by atoms with Crippen molar-refractivity contribution in [3.63, 3.8) is 0 Å². The number of anilines is 2. The summed E-state index contributed by atoms with van der Waals surface area (Å²) in [7, 11) is -9.46. The van der Waals surface area contributed by atoms with Crippen LogP contribution in [-0.2, 0) is 20.2 Å². The number of carbonyl (C=O) groups excluding carboxylic acids is 1. The van der Waals surface area contributed by atoms with Crippen LogP contribution >= 0.6 is 0 Å². The van der Waals surface area contributed by atoms with Crippen LogP contribution in [-0.4, -0.2) is 37.0 Å². The van der Waals surface area contributed by atoms with Crippen molar-refractivity contribution >= 4 is 81.8 Å². The highest BCUT2D eigenvalue weighted by Crippen LogP contribution is 2.43. The van der Waals surface area contributed by atoms with E-state index in [2.05, 4.69) is 25.8 Å². The lowest BCUT2D eigenvalue weighted by molar-refractivity contribution is 0.102. The molecular weight excluding hydrogens is 697 g/mol. The van der Waals surface area contributed by atoms with E-state index in [9.17, 15) is 35.8 Å². The van der Waals surface area contributed by atoms with Crippen LogP contribution in [0.2, 0.25) is 0 Å². The maximum absolute atomic E-state index is 12.7. The molecule has 6 aromatic carbocycles. The van der Waals surface area contributed by atoms with Gasteiger partial charge in [-0.05, 0) is 109 Å². The van der Waals surface area contributed by atoms with E-state index < -0.39 is 42.5 Å². The van der Waals surface area contributed by atoms with Crippen LogP contribution < -0.4 is 11.1 Å². The number of aryl methyl sites for hydroxylation is 2. The molecule has 6 N–H and O–H groups in total. The molecule has 6 rings (SSSR count). The Labute approximate surface area is 291 Å². The quantitative estimate of drug-likeness (QED) is 0.0574. The van der Waals surface area contributed by atoms with Crippen molar-refractivity contribution in [3.05, 3.63) is 114 Å². The van der Waals surface area contributed by atoms with Crippen molar-refractivity contribution < 1.29 is 35.8 Å². The number of carbonyl (C=O) groups is 1. The summed E-state index contributed by atoms with van der Waals surface area (Å²) in [4.78, 5) is 11.7. The second-order valence-electron chi connectivity index (χ2n) is 11.5. The molecule has 0 spiro atoms. The minimum absolute atomic E-state index is 0.178. The lowest BCUT2D eigenvalue weighted by Crippen LogP contribution is -2.11. The topological polar surface area (TPSA) is 234 Å². The number of azo groups is 2. The number of aromatic hydroxyl groups is 1. The third-order valence-corrected chi connectivity index (χ3v) is 9.61. The van der Waals surface area contributed by atoms with Crippen LogP contribution in [0.4, 0.5) is 34.1 Å². The van der Waals surface area contributed by atoms with Gasteiger partial charge in [-0.2, -0.15) is 27.1 Å². The molecule has 51 heavy (non-hydrogen) atoms. The Hall–Kier alpha value is -6.07. The van der Waals surface area contributed by atoms with Gasteiger partial charge in [-0.25, -0.2) is 0 Å². The summed E-state index contributed by atoms with van der Waals surface area (Å²) in [6.07, 6.45) is 0. The molecule has 0 atom stereocenters. The van der Waals surface area contributed by atoms with Crippen molar-refractivity contribution in [2.45, 2.75) is 23.6 Å². The molecule has 0 aromatic heterocycles. The van der Waals surface area contributed by atoms with Gasteiger partial charge in [0, 0.05) is 27.7 Å². The van der Waals surface area contributed by atoms with Gasteiger partial charge in [0.25, 0.3) is 26.1 Å². The number of nitrogens with one attached hydrogen (secondary N) is 1. The number of amides is 1. The second kappa shape index (κ2) is 13.3. The van der Waals surface area contributed by atoms with Gasteiger partial charge >= 0.3 is 0 Å². The van der Waals surface area contributed by atoms with Gasteiger partial charge in [0.05, 0.1) is 17.1 Å². The number of fused-ring (bicyclic) bond motifs is 2. The van der Waals surface area contributed by atoms with Crippen molar-refractivity contribution in [1.82, 2.24) is 0 Å². The van der Waals surface area contributed by atoms with E-state index in [1.54, 1.807) is 80.6 Å². The van der Waals surface area contributed by atoms with Crippen LogP contribution in [0.3, 0.4) is 0 Å². The fourth-order valence-corrected chi connectivity index (χ4v) is 6.85. The number of nitrogen functional groups attached to an aromatic ring is 1. The summed E-state index contributed by atoms with van der Waals surface area (Å²) in [6.45, 7) is 3.38. The predicted octanol–water partition coefficient (Wildman–Crippen LogP) is 8.47. The maximum Gasteiger partial charge on any atom is 0.296 e.